The maximum absolute atomic E-state index is 9.83. The Kier molecular flexibility index (Phi) is 8.30. The van der Waals surface area contributed by atoms with E-state index in [1.54, 1.807) is 18.2 Å². The molecular weight excluding hydrogens is 282 g/mol. The fourth-order valence-corrected chi connectivity index (χ4v) is 1.77. The van der Waals surface area contributed by atoms with Crippen LogP contribution in [0.3, 0.4) is 0 Å². The Labute approximate surface area is 131 Å². The minimum Gasteiger partial charge on any atom is -0.492 e. The van der Waals surface area contributed by atoms with Gasteiger partial charge in [0.15, 0.2) is 6.29 Å². The van der Waals surface area contributed by atoms with Gasteiger partial charge in [0.25, 0.3) is 0 Å². The van der Waals surface area contributed by atoms with Gasteiger partial charge in [0.2, 0.25) is 0 Å². The average molecular weight is 307 g/mol. The van der Waals surface area contributed by atoms with Crippen LogP contribution in [0.1, 0.15) is 32.3 Å². The molecule has 1 atom stereocenters. The Hall–Kier alpha value is -1.81. The standard InChI is InChI=1S/C16H25N3O3/c1-12(2)19-8-6-16(20)22-14-4-5-15(13(10-14)11-18)21-9-3-7-17/h4-5,10,12,16,19-20H,3,6-9,17H2,1-2H3. The second-order valence-corrected chi connectivity index (χ2v) is 5.23. The van der Waals surface area contributed by atoms with Crippen LogP contribution in [0.4, 0.5) is 0 Å². The predicted molar refractivity (Wildman–Crippen MR) is 84.7 cm³/mol. The summed E-state index contributed by atoms with van der Waals surface area (Å²) in [5, 5.41) is 22.2. The van der Waals surface area contributed by atoms with Gasteiger partial charge in [-0.3, -0.25) is 0 Å². The van der Waals surface area contributed by atoms with Crippen LogP contribution in [-0.4, -0.2) is 37.1 Å². The van der Waals surface area contributed by atoms with Gasteiger partial charge in [-0.15, -0.1) is 0 Å². The van der Waals surface area contributed by atoms with E-state index in [4.69, 9.17) is 20.5 Å². The van der Waals surface area contributed by atoms with E-state index >= 15 is 0 Å². The lowest BCUT2D eigenvalue weighted by Gasteiger charge is -2.16. The van der Waals surface area contributed by atoms with Gasteiger partial charge in [-0.2, -0.15) is 5.26 Å². The van der Waals surface area contributed by atoms with Crippen molar-refractivity contribution in [2.75, 3.05) is 19.7 Å². The number of aliphatic hydroxyl groups excluding tert-OH is 1. The van der Waals surface area contributed by atoms with E-state index in [0.717, 1.165) is 6.42 Å². The molecule has 22 heavy (non-hydrogen) atoms. The molecule has 1 aromatic carbocycles. The lowest BCUT2D eigenvalue weighted by Crippen LogP contribution is -2.28. The van der Waals surface area contributed by atoms with Crippen molar-refractivity contribution in [1.29, 1.82) is 5.26 Å². The van der Waals surface area contributed by atoms with Gasteiger partial charge < -0.3 is 25.6 Å². The SMILES string of the molecule is CC(C)NCCC(O)Oc1ccc(OCCCN)c(C#N)c1. The van der Waals surface area contributed by atoms with Crippen LogP contribution >= 0.6 is 0 Å². The summed E-state index contributed by atoms with van der Waals surface area (Å²) in [5.74, 6) is 0.944. The van der Waals surface area contributed by atoms with E-state index < -0.39 is 6.29 Å². The normalized spacial score (nSPS) is 12.0. The summed E-state index contributed by atoms with van der Waals surface area (Å²) in [6, 6.07) is 7.34. The molecule has 1 aromatic rings. The first-order valence-electron chi connectivity index (χ1n) is 7.52. The number of nitrogens with one attached hydrogen (secondary N) is 1. The molecule has 0 bridgehead atoms. The van der Waals surface area contributed by atoms with Crippen molar-refractivity contribution in [2.24, 2.45) is 5.73 Å². The largest absolute Gasteiger partial charge is 0.492 e. The van der Waals surface area contributed by atoms with Crippen LogP contribution < -0.4 is 20.5 Å². The third kappa shape index (κ3) is 6.76. The molecule has 6 nitrogen and oxygen atoms in total. The van der Waals surface area contributed by atoms with E-state index in [2.05, 4.69) is 11.4 Å². The summed E-state index contributed by atoms with van der Waals surface area (Å²) >= 11 is 0. The number of ether oxygens (including phenoxy) is 2. The zero-order valence-corrected chi connectivity index (χ0v) is 13.2. The van der Waals surface area contributed by atoms with Crippen LogP contribution in [0.25, 0.3) is 0 Å². The predicted octanol–water partition coefficient (Wildman–Crippen LogP) is 1.37. The number of nitrogens with two attached hydrogens (primary N) is 1. The van der Waals surface area contributed by atoms with Crippen LogP contribution in [0.15, 0.2) is 18.2 Å². The highest BCUT2D eigenvalue weighted by Gasteiger charge is 2.10. The van der Waals surface area contributed by atoms with Gasteiger partial charge in [-0.05, 0) is 25.1 Å². The molecule has 0 saturated carbocycles. The molecule has 1 rings (SSSR count). The first-order valence-corrected chi connectivity index (χ1v) is 7.52. The lowest BCUT2D eigenvalue weighted by atomic mass is 10.2. The van der Waals surface area contributed by atoms with Gasteiger partial charge in [-0.25, -0.2) is 0 Å². The average Bonchev–Trinajstić information content (AvgIpc) is 2.48. The smallest absolute Gasteiger partial charge is 0.198 e. The summed E-state index contributed by atoms with van der Waals surface area (Å²) in [5.41, 5.74) is 5.78. The third-order valence-electron chi connectivity index (χ3n) is 2.89. The molecule has 4 N–H and O–H groups in total. The number of rotatable bonds is 10. The fourth-order valence-electron chi connectivity index (χ4n) is 1.77. The van der Waals surface area contributed by atoms with Gasteiger partial charge in [-0.1, -0.05) is 13.8 Å². The highest BCUT2D eigenvalue weighted by Crippen LogP contribution is 2.24. The molecule has 122 valence electrons. The zero-order chi connectivity index (χ0) is 16.4. The van der Waals surface area contributed by atoms with E-state index in [1.807, 2.05) is 13.8 Å². The molecule has 0 radical (unpaired) electrons. The molecule has 0 saturated heterocycles. The van der Waals surface area contributed by atoms with Gasteiger partial charge >= 0.3 is 0 Å². The number of hydrogen-bond acceptors (Lipinski definition) is 6. The van der Waals surface area contributed by atoms with Crippen molar-refractivity contribution >= 4 is 0 Å². The summed E-state index contributed by atoms with van der Waals surface area (Å²) in [7, 11) is 0. The Morgan fingerprint density at radius 1 is 1.41 bits per heavy atom. The summed E-state index contributed by atoms with van der Waals surface area (Å²) < 4.78 is 10.9. The van der Waals surface area contributed by atoms with Crippen LogP contribution in [0.5, 0.6) is 11.5 Å². The molecule has 0 fully saturated rings. The number of nitriles is 1. The van der Waals surface area contributed by atoms with E-state index in [-0.39, 0.29) is 0 Å². The van der Waals surface area contributed by atoms with Crippen LogP contribution in [0, 0.1) is 11.3 Å². The molecular formula is C16H25N3O3. The summed E-state index contributed by atoms with van der Waals surface area (Å²) in [4.78, 5) is 0. The lowest BCUT2D eigenvalue weighted by molar-refractivity contribution is -0.0226. The van der Waals surface area contributed by atoms with E-state index in [9.17, 15) is 5.11 Å². The van der Waals surface area contributed by atoms with Gasteiger partial charge in [0.05, 0.1) is 12.2 Å². The molecule has 6 heteroatoms. The van der Waals surface area contributed by atoms with Crippen molar-refractivity contribution in [1.82, 2.24) is 5.32 Å². The molecule has 0 aliphatic heterocycles. The molecule has 0 aliphatic carbocycles. The topological polar surface area (TPSA) is 101 Å². The quantitative estimate of drug-likeness (QED) is 0.446. The maximum Gasteiger partial charge on any atom is 0.198 e. The van der Waals surface area contributed by atoms with Crippen molar-refractivity contribution < 1.29 is 14.6 Å². The van der Waals surface area contributed by atoms with Crippen LogP contribution in [-0.2, 0) is 0 Å². The van der Waals surface area contributed by atoms with Gasteiger partial charge in [0.1, 0.15) is 17.6 Å². The first kappa shape index (κ1) is 18.2. The first-order chi connectivity index (χ1) is 10.6. The highest BCUT2D eigenvalue weighted by molar-refractivity contribution is 5.47. The van der Waals surface area contributed by atoms with Crippen molar-refractivity contribution in [3.8, 4) is 17.6 Å². The summed E-state index contributed by atoms with van der Waals surface area (Å²) in [6.45, 7) is 5.74. The Balaban J connectivity index is 2.55. The maximum atomic E-state index is 9.83. The molecule has 0 spiro atoms. The fraction of sp³-hybridized carbons (Fsp3) is 0.562. The molecule has 0 heterocycles. The Morgan fingerprint density at radius 2 is 2.18 bits per heavy atom. The number of hydrogen-bond donors (Lipinski definition) is 3. The monoisotopic (exact) mass is 307 g/mol. The van der Waals surface area contributed by atoms with Crippen molar-refractivity contribution in [2.45, 2.75) is 39.0 Å². The minimum absolute atomic E-state index is 0.363. The molecule has 0 aliphatic rings. The third-order valence-corrected chi connectivity index (χ3v) is 2.89. The minimum atomic E-state index is -0.915. The highest BCUT2D eigenvalue weighted by atomic mass is 16.6. The van der Waals surface area contributed by atoms with E-state index in [1.165, 1.54) is 0 Å². The number of nitrogens with zero attached hydrogens (tertiary/aromatic N) is 1. The number of benzene rings is 1. The van der Waals surface area contributed by atoms with Gasteiger partial charge in [0, 0.05) is 25.1 Å². The second kappa shape index (κ2) is 10.0. The molecule has 1 unspecified atom stereocenters. The van der Waals surface area contributed by atoms with E-state index in [0.29, 0.717) is 49.2 Å². The molecule has 0 aromatic heterocycles. The Bertz CT molecular complexity index is 486. The Morgan fingerprint density at radius 3 is 2.82 bits per heavy atom. The molecule has 0 amide bonds. The summed E-state index contributed by atoms with van der Waals surface area (Å²) in [6.07, 6.45) is 0.279. The second-order valence-electron chi connectivity index (χ2n) is 5.23. The van der Waals surface area contributed by atoms with Crippen LogP contribution in [0.2, 0.25) is 0 Å². The zero-order valence-electron chi connectivity index (χ0n) is 13.2. The van der Waals surface area contributed by atoms with Crippen molar-refractivity contribution in [3.05, 3.63) is 23.8 Å². The van der Waals surface area contributed by atoms with Crippen molar-refractivity contribution in [3.63, 3.8) is 0 Å². The number of aliphatic hydroxyl groups is 1.